The van der Waals surface area contributed by atoms with Gasteiger partial charge in [0.1, 0.15) is 0 Å². The van der Waals surface area contributed by atoms with Crippen LogP contribution in [0.25, 0.3) is 11.3 Å². The minimum Gasteiger partial charge on any atom is -0.365 e. The van der Waals surface area contributed by atoms with E-state index in [-0.39, 0.29) is 5.91 Å². The van der Waals surface area contributed by atoms with Gasteiger partial charge in [-0.05, 0) is 19.1 Å². The maximum absolute atomic E-state index is 11.0. The molecular formula is C10H11N3OS. The van der Waals surface area contributed by atoms with Gasteiger partial charge in [-0.15, -0.1) is 11.3 Å². The zero-order chi connectivity index (χ0) is 11.0. The summed E-state index contributed by atoms with van der Waals surface area (Å²) in [6.45, 7) is 1.97. The summed E-state index contributed by atoms with van der Waals surface area (Å²) >= 11 is 1.41. The van der Waals surface area contributed by atoms with Gasteiger partial charge in [-0.1, -0.05) is 0 Å². The molecule has 0 fully saturated rings. The van der Waals surface area contributed by atoms with Gasteiger partial charge in [0.2, 0.25) is 0 Å². The molecule has 0 radical (unpaired) electrons. The Morgan fingerprint density at radius 3 is 2.80 bits per heavy atom. The van der Waals surface area contributed by atoms with E-state index in [1.807, 2.05) is 26.1 Å². The third kappa shape index (κ3) is 1.66. The number of aryl methyl sites for hydroxylation is 2. The van der Waals surface area contributed by atoms with E-state index in [0.29, 0.717) is 4.88 Å². The maximum atomic E-state index is 11.0. The fraction of sp³-hybridized carbons (Fsp3) is 0.200. The predicted octanol–water partition coefficient (Wildman–Crippen LogP) is 1.56. The minimum atomic E-state index is -0.378. The summed E-state index contributed by atoms with van der Waals surface area (Å²) in [7, 11) is 1.87. The number of hydrogen-bond donors (Lipinski definition) is 1. The highest BCUT2D eigenvalue weighted by Crippen LogP contribution is 2.30. The zero-order valence-electron chi connectivity index (χ0n) is 8.52. The van der Waals surface area contributed by atoms with Crippen molar-refractivity contribution in [3.63, 3.8) is 0 Å². The molecule has 0 atom stereocenters. The van der Waals surface area contributed by atoms with Crippen molar-refractivity contribution < 1.29 is 4.79 Å². The fourth-order valence-corrected chi connectivity index (χ4v) is 2.38. The summed E-state index contributed by atoms with van der Waals surface area (Å²) in [5.41, 5.74) is 7.26. The van der Waals surface area contributed by atoms with Crippen molar-refractivity contribution in [3.05, 3.63) is 28.1 Å². The van der Waals surface area contributed by atoms with E-state index in [1.165, 1.54) is 11.3 Å². The predicted molar refractivity (Wildman–Crippen MR) is 59.8 cm³/mol. The lowest BCUT2D eigenvalue weighted by Crippen LogP contribution is -2.08. The van der Waals surface area contributed by atoms with Crippen molar-refractivity contribution >= 4 is 17.2 Å². The van der Waals surface area contributed by atoms with Crippen LogP contribution in [-0.4, -0.2) is 15.7 Å². The number of hydrogen-bond acceptors (Lipinski definition) is 3. The molecule has 0 aliphatic rings. The number of rotatable bonds is 2. The number of thiophene rings is 1. The quantitative estimate of drug-likeness (QED) is 0.836. The molecule has 0 spiro atoms. The number of carbonyl (C=O) groups excluding carboxylic acids is 1. The van der Waals surface area contributed by atoms with E-state index in [1.54, 1.807) is 10.9 Å². The summed E-state index contributed by atoms with van der Waals surface area (Å²) in [6, 6.07) is 3.74. The smallest absolute Gasteiger partial charge is 0.258 e. The summed E-state index contributed by atoms with van der Waals surface area (Å²) in [5.74, 6) is -0.378. The van der Waals surface area contributed by atoms with Crippen molar-refractivity contribution in [1.29, 1.82) is 0 Å². The van der Waals surface area contributed by atoms with Crippen LogP contribution in [0.5, 0.6) is 0 Å². The number of nitrogens with zero attached hydrogens (tertiary/aromatic N) is 2. The van der Waals surface area contributed by atoms with Gasteiger partial charge >= 0.3 is 0 Å². The van der Waals surface area contributed by atoms with E-state index >= 15 is 0 Å². The van der Waals surface area contributed by atoms with Gasteiger partial charge in [0.05, 0.1) is 10.6 Å². The largest absolute Gasteiger partial charge is 0.365 e. The van der Waals surface area contributed by atoms with E-state index in [9.17, 15) is 4.79 Å². The lowest BCUT2D eigenvalue weighted by Gasteiger charge is -1.99. The van der Waals surface area contributed by atoms with Gasteiger partial charge < -0.3 is 5.73 Å². The molecule has 0 aliphatic carbocycles. The maximum Gasteiger partial charge on any atom is 0.258 e. The van der Waals surface area contributed by atoms with Gasteiger partial charge in [0.25, 0.3) is 5.91 Å². The Labute approximate surface area is 91.3 Å². The molecule has 15 heavy (non-hydrogen) atoms. The summed E-state index contributed by atoms with van der Waals surface area (Å²) in [5, 5.41) is 4.09. The van der Waals surface area contributed by atoms with Gasteiger partial charge in [-0.25, -0.2) is 0 Å². The van der Waals surface area contributed by atoms with Gasteiger partial charge in [0.15, 0.2) is 0 Å². The number of nitrogens with two attached hydrogens (primary N) is 1. The Morgan fingerprint density at radius 2 is 2.33 bits per heavy atom. The molecule has 0 unspecified atom stereocenters. The van der Waals surface area contributed by atoms with Crippen LogP contribution in [0.1, 0.15) is 14.5 Å². The molecule has 0 bridgehead atoms. The lowest BCUT2D eigenvalue weighted by molar-refractivity contribution is 0.100. The molecule has 4 nitrogen and oxygen atoms in total. The molecule has 2 aromatic heterocycles. The van der Waals surface area contributed by atoms with E-state index in [2.05, 4.69) is 5.10 Å². The van der Waals surface area contributed by atoms with E-state index < -0.39 is 0 Å². The number of carbonyl (C=O) groups is 1. The molecule has 1 amide bonds. The van der Waals surface area contributed by atoms with Crippen LogP contribution in [-0.2, 0) is 7.05 Å². The van der Waals surface area contributed by atoms with Crippen LogP contribution in [0, 0.1) is 6.92 Å². The van der Waals surface area contributed by atoms with Gasteiger partial charge in [-0.2, -0.15) is 5.10 Å². The molecule has 0 aromatic carbocycles. The third-order valence-corrected chi connectivity index (χ3v) is 3.32. The minimum absolute atomic E-state index is 0.378. The first-order valence-electron chi connectivity index (χ1n) is 4.48. The molecular weight excluding hydrogens is 210 g/mol. The highest BCUT2D eigenvalue weighted by Gasteiger charge is 2.12. The molecule has 2 rings (SSSR count). The Balaban J connectivity index is 2.54. The highest BCUT2D eigenvalue weighted by atomic mass is 32.1. The second-order valence-electron chi connectivity index (χ2n) is 3.28. The summed E-state index contributed by atoms with van der Waals surface area (Å²) < 4.78 is 1.78. The van der Waals surface area contributed by atoms with Crippen molar-refractivity contribution in [3.8, 4) is 11.3 Å². The first kappa shape index (κ1) is 9.92. The van der Waals surface area contributed by atoms with Crippen molar-refractivity contribution in [1.82, 2.24) is 9.78 Å². The second-order valence-corrected chi connectivity index (χ2v) is 4.54. The monoisotopic (exact) mass is 221 g/mol. The first-order valence-corrected chi connectivity index (χ1v) is 5.30. The highest BCUT2D eigenvalue weighted by molar-refractivity contribution is 7.14. The molecule has 0 aliphatic heterocycles. The van der Waals surface area contributed by atoms with Crippen molar-refractivity contribution in [2.24, 2.45) is 12.8 Å². The van der Waals surface area contributed by atoms with Crippen LogP contribution in [0.2, 0.25) is 0 Å². The molecule has 0 saturated carbocycles. The second kappa shape index (κ2) is 3.51. The molecule has 2 heterocycles. The number of primary amides is 1. The van der Waals surface area contributed by atoms with Gasteiger partial charge in [-0.3, -0.25) is 9.48 Å². The molecule has 2 aromatic rings. The standard InChI is InChI=1S/C10H11N3OS/c1-6-7(5-9(15-6)10(11)14)8-3-4-12-13(8)2/h3-5H,1-2H3,(H2,11,14). The van der Waals surface area contributed by atoms with E-state index in [4.69, 9.17) is 5.73 Å². The number of amides is 1. The third-order valence-electron chi connectivity index (χ3n) is 2.26. The Morgan fingerprint density at radius 1 is 1.60 bits per heavy atom. The SMILES string of the molecule is Cc1sc(C(N)=O)cc1-c1ccnn1C. The Hall–Kier alpha value is -1.62. The summed E-state index contributed by atoms with van der Waals surface area (Å²) in [4.78, 5) is 12.7. The average molecular weight is 221 g/mol. The van der Waals surface area contributed by atoms with E-state index in [0.717, 1.165) is 16.1 Å². The summed E-state index contributed by atoms with van der Waals surface area (Å²) in [6.07, 6.45) is 1.73. The average Bonchev–Trinajstić information content (AvgIpc) is 2.71. The van der Waals surface area contributed by atoms with Crippen LogP contribution in [0.3, 0.4) is 0 Å². The fourth-order valence-electron chi connectivity index (χ4n) is 1.50. The van der Waals surface area contributed by atoms with Crippen LogP contribution >= 0.6 is 11.3 Å². The van der Waals surface area contributed by atoms with Crippen LogP contribution in [0.4, 0.5) is 0 Å². The van der Waals surface area contributed by atoms with Crippen molar-refractivity contribution in [2.45, 2.75) is 6.92 Å². The zero-order valence-corrected chi connectivity index (χ0v) is 9.34. The molecule has 78 valence electrons. The molecule has 0 saturated heterocycles. The molecule has 2 N–H and O–H groups in total. The molecule has 5 heteroatoms. The van der Waals surface area contributed by atoms with Crippen molar-refractivity contribution in [2.75, 3.05) is 0 Å². The number of aromatic nitrogens is 2. The van der Waals surface area contributed by atoms with Gasteiger partial charge in [0, 0.05) is 23.7 Å². The van der Waals surface area contributed by atoms with Crippen LogP contribution < -0.4 is 5.73 Å². The Bertz CT molecular complexity index is 512. The lowest BCUT2D eigenvalue weighted by atomic mass is 10.2. The normalized spacial score (nSPS) is 10.5. The topological polar surface area (TPSA) is 60.9 Å². The Kier molecular flexibility index (Phi) is 2.32. The first-order chi connectivity index (χ1) is 7.09. The van der Waals surface area contributed by atoms with Crippen LogP contribution in [0.15, 0.2) is 18.3 Å².